The molecule has 1 saturated heterocycles. The van der Waals surface area contributed by atoms with Crippen LogP contribution in [0.25, 0.3) is 11.1 Å². The maximum atomic E-state index is 9.62. The molecule has 5 rings (SSSR count). The first-order chi connectivity index (χ1) is 14.2. The van der Waals surface area contributed by atoms with Gasteiger partial charge in [0.1, 0.15) is 6.04 Å². The molecule has 1 heterocycles. The normalized spacial score (nSPS) is 16.9. The standard InChI is InChI=1S/C24H23N3O2/c28-22-10-9-17(15-23(22)29)16-25-27-13-11-26(12-14-27)24-20-7-3-1-5-18(20)19-6-2-4-8-21(19)24/h1-10,15-16,24,28-29H,11-14H2/p+1/b25-16+. The molecule has 0 spiro atoms. The molecule has 1 aliphatic heterocycles. The van der Waals surface area contributed by atoms with Crippen molar-refractivity contribution in [3.8, 4) is 22.6 Å². The number of fused-ring (bicyclic) bond motifs is 3. The van der Waals surface area contributed by atoms with Crippen molar-refractivity contribution >= 4 is 6.21 Å². The zero-order valence-electron chi connectivity index (χ0n) is 16.1. The predicted molar refractivity (Wildman–Crippen MR) is 113 cm³/mol. The third kappa shape index (κ3) is 3.23. The highest BCUT2D eigenvalue weighted by Gasteiger charge is 2.37. The molecule has 0 bridgehead atoms. The minimum atomic E-state index is -0.123. The van der Waals surface area contributed by atoms with Gasteiger partial charge in [0.15, 0.2) is 11.5 Å². The van der Waals surface area contributed by atoms with E-state index in [1.807, 2.05) is 0 Å². The Morgan fingerprint density at radius 1 is 0.828 bits per heavy atom. The molecule has 0 unspecified atom stereocenters. The van der Waals surface area contributed by atoms with Gasteiger partial charge in [-0.25, -0.2) is 0 Å². The lowest BCUT2D eigenvalue weighted by Gasteiger charge is -2.34. The Morgan fingerprint density at radius 3 is 2.07 bits per heavy atom. The molecule has 3 aromatic carbocycles. The molecule has 146 valence electrons. The zero-order chi connectivity index (χ0) is 19.8. The largest absolute Gasteiger partial charge is 0.504 e. The monoisotopic (exact) mass is 386 g/mol. The fourth-order valence-corrected chi connectivity index (χ4v) is 4.55. The summed E-state index contributed by atoms with van der Waals surface area (Å²) in [6, 6.07) is 22.7. The number of phenolic OH excluding ortho intramolecular Hbond substituents is 2. The fourth-order valence-electron chi connectivity index (χ4n) is 4.55. The van der Waals surface area contributed by atoms with Crippen molar-refractivity contribution in [2.24, 2.45) is 5.10 Å². The summed E-state index contributed by atoms with van der Waals surface area (Å²) in [7, 11) is 0. The molecule has 29 heavy (non-hydrogen) atoms. The Kier molecular flexibility index (Phi) is 4.45. The van der Waals surface area contributed by atoms with Crippen LogP contribution in [0.2, 0.25) is 0 Å². The van der Waals surface area contributed by atoms with Crippen molar-refractivity contribution in [2.45, 2.75) is 6.04 Å². The summed E-state index contributed by atoms with van der Waals surface area (Å²) < 4.78 is 0. The van der Waals surface area contributed by atoms with E-state index in [9.17, 15) is 10.2 Å². The van der Waals surface area contributed by atoms with Crippen LogP contribution in [0, 0.1) is 0 Å². The molecule has 1 aliphatic carbocycles. The number of phenols is 2. The van der Waals surface area contributed by atoms with Crippen molar-refractivity contribution in [1.29, 1.82) is 0 Å². The summed E-state index contributed by atoms with van der Waals surface area (Å²) >= 11 is 0. The van der Waals surface area contributed by atoms with Crippen LogP contribution in [0.3, 0.4) is 0 Å². The molecule has 0 radical (unpaired) electrons. The number of rotatable bonds is 3. The number of hydrazone groups is 1. The predicted octanol–water partition coefficient (Wildman–Crippen LogP) is 2.40. The number of hydrogen-bond donors (Lipinski definition) is 3. The highest BCUT2D eigenvalue weighted by atomic mass is 16.3. The van der Waals surface area contributed by atoms with Gasteiger partial charge in [-0.05, 0) is 34.9 Å². The molecule has 0 atom stereocenters. The van der Waals surface area contributed by atoms with Gasteiger partial charge in [-0.3, -0.25) is 5.01 Å². The molecule has 0 amide bonds. The third-order valence-corrected chi connectivity index (χ3v) is 5.99. The van der Waals surface area contributed by atoms with E-state index in [4.69, 9.17) is 0 Å². The van der Waals surface area contributed by atoms with Crippen LogP contribution in [0.4, 0.5) is 0 Å². The number of aromatic hydroxyl groups is 2. The lowest BCUT2D eigenvalue weighted by Crippen LogP contribution is -3.14. The molecule has 2 aliphatic rings. The Bertz CT molecular complexity index is 1030. The van der Waals surface area contributed by atoms with Gasteiger partial charge in [-0.1, -0.05) is 48.5 Å². The summed E-state index contributed by atoms with van der Waals surface area (Å²) in [5, 5.41) is 25.7. The van der Waals surface area contributed by atoms with E-state index in [1.165, 1.54) is 34.4 Å². The molecular weight excluding hydrogens is 362 g/mol. The van der Waals surface area contributed by atoms with Gasteiger partial charge in [0.2, 0.25) is 0 Å². The molecule has 3 N–H and O–H groups in total. The summed E-state index contributed by atoms with van der Waals surface area (Å²) in [5.74, 6) is -0.238. The smallest absolute Gasteiger partial charge is 0.158 e. The van der Waals surface area contributed by atoms with Gasteiger partial charge < -0.3 is 15.1 Å². The molecule has 5 nitrogen and oxygen atoms in total. The van der Waals surface area contributed by atoms with Crippen LogP contribution < -0.4 is 4.90 Å². The summed E-state index contributed by atoms with van der Waals surface area (Å²) in [6.07, 6.45) is 1.74. The van der Waals surface area contributed by atoms with E-state index >= 15 is 0 Å². The Balaban J connectivity index is 1.31. The van der Waals surface area contributed by atoms with Crippen molar-refractivity contribution in [3.63, 3.8) is 0 Å². The van der Waals surface area contributed by atoms with Crippen molar-refractivity contribution in [1.82, 2.24) is 5.01 Å². The quantitative estimate of drug-likeness (QED) is 0.479. The first kappa shape index (κ1) is 17.8. The van der Waals surface area contributed by atoms with Crippen LogP contribution in [0.1, 0.15) is 22.7 Å². The number of benzene rings is 3. The number of hydrogen-bond acceptors (Lipinski definition) is 4. The van der Waals surface area contributed by atoms with Crippen LogP contribution in [0.5, 0.6) is 11.5 Å². The van der Waals surface area contributed by atoms with Crippen LogP contribution in [-0.2, 0) is 0 Å². The third-order valence-electron chi connectivity index (χ3n) is 5.99. The number of quaternary nitrogens is 1. The molecule has 5 heteroatoms. The molecule has 0 saturated carbocycles. The lowest BCUT2D eigenvalue weighted by molar-refractivity contribution is -0.929. The van der Waals surface area contributed by atoms with E-state index < -0.39 is 0 Å². The van der Waals surface area contributed by atoms with Gasteiger partial charge in [0.25, 0.3) is 0 Å². The van der Waals surface area contributed by atoms with Crippen molar-refractivity contribution in [3.05, 3.63) is 83.4 Å². The SMILES string of the molecule is Oc1ccc(/C=N/N2CC[NH+](C3c4ccccc4-c4ccccc43)CC2)cc1O. The maximum Gasteiger partial charge on any atom is 0.158 e. The average molecular weight is 386 g/mol. The van der Waals surface area contributed by atoms with Crippen LogP contribution >= 0.6 is 0 Å². The maximum absolute atomic E-state index is 9.62. The van der Waals surface area contributed by atoms with Gasteiger partial charge in [0, 0.05) is 11.1 Å². The minimum Gasteiger partial charge on any atom is -0.504 e. The Labute approximate surface area is 170 Å². The van der Waals surface area contributed by atoms with Gasteiger partial charge in [-0.2, -0.15) is 5.10 Å². The van der Waals surface area contributed by atoms with E-state index in [2.05, 4.69) is 58.6 Å². The summed E-state index contributed by atoms with van der Waals surface area (Å²) in [5.41, 5.74) is 6.37. The second kappa shape index (κ2) is 7.26. The van der Waals surface area contributed by atoms with Crippen LogP contribution in [0.15, 0.2) is 71.8 Å². The van der Waals surface area contributed by atoms with Crippen LogP contribution in [-0.4, -0.2) is 47.6 Å². The average Bonchev–Trinajstić information content (AvgIpc) is 3.10. The molecular formula is C24H24N3O2+. The minimum absolute atomic E-state index is 0.114. The van der Waals surface area contributed by atoms with Crippen molar-refractivity contribution in [2.75, 3.05) is 26.2 Å². The molecule has 3 aromatic rings. The number of nitrogens with zero attached hydrogens (tertiary/aromatic N) is 2. The Hall–Kier alpha value is -3.31. The second-order valence-electron chi connectivity index (χ2n) is 7.71. The second-order valence-corrected chi connectivity index (χ2v) is 7.71. The molecule has 1 fully saturated rings. The number of nitrogens with one attached hydrogen (secondary N) is 1. The van der Waals surface area contributed by atoms with E-state index in [0.29, 0.717) is 6.04 Å². The number of piperazine rings is 1. The Morgan fingerprint density at radius 2 is 1.45 bits per heavy atom. The first-order valence-electron chi connectivity index (χ1n) is 10.0. The lowest BCUT2D eigenvalue weighted by atomic mass is 10.0. The van der Waals surface area contributed by atoms with E-state index in [0.717, 1.165) is 31.7 Å². The zero-order valence-corrected chi connectivity index (χ0v) is 16.1. The first-order valence-corrected chi connectivity index (χ1v) is 10.0. The summed E-state index contributed by atoms with van der Waals surface area (Å²) in [6.45, 7) is 3.81. The van der Waals surface area contributed by atoms with E-state index in [-0.39, 0.29) is 11.5 Å². The fraction of sp³-hybridized carbons (Fsp3) is 0.208. The highest BCUT2D eigenvalue weighted by Crippen LogP contribution is 2.41. The van der Waals surface area contributed by atoms with Gasteiger partial charge >= 0.3 is 0 Å². The van der Waals surface area contributed by atoms with E-state index in [1.54, 1.807) is 17.2 Å². The van der Waals surface area contributed by atoms with Crippen molar-refractivity contribution < 1.29 is 15.1 Å². The molecule has 0 aromatic heterocycles. The highest BCUT2D eigenvalue weighted by molar-refractivity contribution is 5.80. The topological polar surface area (TPSA) is 60.5 Å². The van der Waals surface area contributed by atoms with Gasteiger partial charge in [-0.15, -0.1) is 0 Å². The summed E-state index contributed by atoms with van der Waals surface area (Å²) in [4.78, 5) is 1.58. The van der Waals surface area contributed by atoms with Gasteiger partial charge in [0.05, 0.1) is 32.4 Å².